The zero-order valence-electron chi connectivity index (χ0n) is 14.7. The molecule has 5 nitrogen and oxygen atoms in total. The Hall–Kier alpha value is -2.71. The van der Waals surface area contributed by atoms with Crippen molar-refractivity contribution in [1.82, 2.24) is 10.2 Å². The zero-order valence-corrected chi connectivity index (χ0v) is 16.4. The summed E-state index contributed by atoms with van der Waals surface area (Å²) < 4.78 is 14.1. The number of hydrogen-bond donors (Lipinski definition) is 2. The molecular weight excluding hydrogens is 399 g/mol. The van der Waals surface area contributed by atoms with Gasteiger partial charge in [-0.1, -0.05) is 54.3 Å². The van der Waals surface area contributed by atoms with Crippen molar-refractivity contribution in [2.75, 3.05) is 13.1 Å². The second-order valence-corrected chi connectivity index (χ2v) is 7.73. The summed E-state index contributed by atoms with van der Waals surface area (Å²) in [5.41, 5.74) is 1.26. The zero-order chi connectivity index (χ0) is 20.1. The molecule has 0 atom stereocenters. The van der Waals surface area contributed by atoms with E-state index in [9.17, 15) is 19.1 Å². The third-order valence-electron chi connectivity index (χ3n) is 4.04. The second-order valence-electron chi connectivity index (χ2n) is 6.06. The summed E-state index contributed by atoms with van der Waals surface area (Å²) in [6.07, 6.45) is 2.04. The third kappa shape index (κ3) is 4.96. The summed E-state index contributed by atoms with van der Waals surface area (Å²) in [6.45, 7) is 0.207. The molecule has 3 rings (SSSR count). The van der Waals surface area contributed by atoms with E-state index in [-0.39, 0.29) is 27.4 Å². The molecular formula is C20H17FN2O3S2. The van der Waals surface area contributed by atoms with Crippen molar-refractivity contribution in [3.05, 3.63) is 70.4 Å². The van der Waals surface area contributed by atoms with Gasteiger partial charge in [0.05, 0.1) is 4.91 Å². The second kappa shape index (κ2) is 8.99. The predicted octanol–water partition coefficient (Wildman–Crippen LogP) is 3.09. The van der Waals surface area contributed by atoms with E-state index in [1.165, 1.54) is 17.0 Å². The summed E-state index contributed by atoms with van der Waals surface area (Å²) in [5, 5.41) is 12.0. The standard InChI is InChI=1S/C20H17FN2O3S2/c21-16-4-2-1-3-14(16)11-17-19(26)23(20(27)28-17)12-18(25)22-10-9-13-5-7-15(24)8-6-13/h1-8,11,24H,9-10,12H2,(H,22,25)/b17-11+. The van der Waals surface area contributed by atoms with E-state index in [0.29, 0.717) is 18.5 Å². The van der Waals surface area contributed by atoms with E-state index in [0.717, 1.165) is 17.3 Å². The van der Waals surface area contributed by atoms with Gasteiger partial charge >= 0.3 is 0 Å². The van der Waals surface area contributed by atoms with Crippen molar-refractivity contribution in [3.63, 3.8) is 0 Å². The van der Waals surface area contributed by atoms with Gasteiger partial charge in [-0.15, -0.1) is 0 Å². The van der Waals surface area contributed by atoms with Crippen LogP contribution in [0, 0.1) is 5.82 Å². The molecule has 2 aromatic carbocycles. The summed E-state index contributed by atoms with van der Waals surface area (Å²) in [5.74, 6) is -0.987. The average molecular weight is 416 g/mol. The van der Waals surface area contributed by atoms with Crippen molar-refractivity contribution in [1.29, 1.82) is 0 Å². The SMILES string of the molecule is O=C(CN1C(=O)/C(=C\c2ccccc2F)SC1=S)NCCc1ccc(O)cc1. The molecule has 2 aromatic rings. The molecule has 28 heavy (non-hydrogen) atoms. The Labute approximate surface area is 171 Å². The molecule has 0 saturated carbocycles. The highest BCUT2D eigenvalue weighted by Gasteiger charge is 2.33. The van der Waals surface area contributed by atoms with Gasteiger partial charge in [0, 0.05) is 12.1 Å². The lowest BCUT2D eigenvalue weighted by atomic mass is 10.1. The quantitative estimate of drug-likeness (QED) is 0.560. The smallest absolute Gasteiger partial charge is 0.266 e. The van der Waals surface area contributed by atoms with Crippen LogP contribution in [0.3, 0.4) is 0 Å². The van der Waals surface area contributed by atoms with Crippen LogP contribution in [-0.4, -0.2) is 39.2 Å². The van der Waals surface area contributed by atoms with E-state index in [4.69, 9.17) is 12.2 Å². The Bertz CT molecular complexity index is 945. The summed E-state index contributed by atoms with van der Waals surface area (Å²) in [4.78, 5) is 26.2. The Morgan fingerprint density at radius 2 is 1.93 bits per heavy atom. The van der Waals surface area contributed by atoms with Gasteiger partial charge in [0.2, 0.25) is 5.91 Å². The van der Waals surface area contributed by atoms with Crippen LogP contribution in [0.5, 0.6) is 5.75 Å². The van der Waals surface area contributed by atoms with Gasteiger partial charge < -0.3 is 10.4 Å². The number of phenolic OH excluding ortho intramolecular Hbond substituents is 1. The number of rotatable bonds is 6. The fourth-order valence-corrected chi connectivity index (χ4v) is 3.82. The summed E-state index contributed by atoms with van der Waals surface area (Å²) in [6, 6.07) is 12.8. The normalized spacial score (nSPS) is 15.3. The van der Waals surface area contributed by atoms with Crippen molar-refractivity contribution in [3.8, 4) is 5.75 Å². The van der Waals surface area contributed by atoms with Crippen molar-refractivity contribution < 1.29 is 19.1 Å². The molecule has 1 fully saturated rings. The Morgan fingerprint density at radius 1 is 1.21 bits per heavy atom. The van der Waals surface area contributed by atoms with Crippen molar-refractivity contribution in [2.24, 2.45) is 0 Å². The molecule has 0 bridgehead atoms. The van der Waals surface area contributed by atoms with Gasteiger partial charge in [-0.2, -0.15) is 0 Å². The number of thiocarbonyl (C=S) groups is 1. The van der Waals surface area contributed by atoms with Crippen LogP contribution in [0.15, 0.2) is 53.4 Å². The van der Waals surface area contributed by atoms with Crippen LogP contribution in [0.4, 0.5) is 4.39 Å². The van der Waals surface area contributed by atoms with Gasteiger partial charge in [0.1, 0.15) is 22.4 Å². The van der Waals surface area contributed by atoms with E-state index in [1.54, 1.807) is 42.5 Å². The number of carbonyl (C=O) groups is 2. The number of hydrogen-bond acceptors (Lipinski definition) is 5. The van der Waals surface area contributed by atoms with Gasteiger partial charge in [-0.05, 0) is 36.3 Å². The molecule has 0 aromatic heterocycles. The molecule has 1 heterocycles. The number of benzene rings is 2. The maximum atomic E-state index is 13.8. The molecule has 2 N–H and O–H groups in total. The highest BCUT2D eigenvalue weighted by atomic mass is 32.2. The monoisotopic (exact) mass is 416 g/mol. The Morgan fingerprint density at radius 3 is 2.64 bits per heavy atom. The van der Waals surface area contributed by atoms with Crippen LogP contribution >= 0.6 is 24.0 Å². The lowest BCUT2D eigenvalue weighted by molar-refractivity contribution is -0.128. The minimum absolute atomic E-state index is 0.186. The minimum Gasteiger partial charge on any atom is -0.508 e. The summed E-state index contributed by atoms with van der Waals surface area (Å²) >= 11 is 6.24. The van der Waals surface area contributed by atoms with Crippen molar-refractivity contribution >= 4 is 46.2 Å². The largest absolute Gasteiger partial charge is 0.508 e. The first kappa shape index (κ1) is 20.0. The molecule has 0 spiro atoms. The minimum atomic E-state index is -0.431. The molecule has 0 aliphatic carbocycles. The lowest BCUT2D eigenvalue weighted by Crippen LogP contribution is -2.40. The Kier molecular flexibility index (Phi) is 6.43. The lowest BCUT2D eigenvalue weighted by Gasteiger charge is -2.14. The van der Waals surface area contributed by atoms with E-state index < -0.39 is 11.7 Å². The maximum absolute atomic E-state index is 13.8. The number of carbonyl (C=O) groups excluding carboxylic acids is 2. The van der Waals surface area contributed by atoms with Gasteiger partial charge in [-0.25, -0.2) is 4.39 Å². The van der Waals surface area contributed by atoms with E-state index in [1.807, 2.05) is 0 Å². The number of nitrogens with zero attached hydrogens (tertiary/aromatic N) is 1. The van der Waals surface area contributed by atoms with Crippen LogP contribution in [0.1, 0.15) is 11.1 Å². The Balaban J connectivity index is 1.55. The first-order chi connectivity index (χ1) is 13.4. The molecule has 2 amide bonds. The first-order valence-corrected chi connectivity index (χ1v) is 9.71. The number of aromatic hydroxyl groups is 1. The molecule has 144 valence electrons. The summed E-state index contributed by atoms with van der Waals surface area (Å²) in [7, 11) is 0. The van der Waals surface area contributed by atoms with Gasteiger partial charge in [0.25, 0.3) is 5.91 Å². The van der Waals surface area contributed by atoms with Crippen LogP contribution in [0.25, 0.3) is 6.08 Å². The van der Waals surface area contributed by atoms with E-state index in [2.05, 4.69) is 5.32 Å². The van der Waals surface area contributed by atoms with Gasteiger partial charge in [-0.3, -0.25) is 14.5 Å². The maximum Gasteiger partial charge on any atom is 0.266 e. The number of thioether (sulfide) groups is 1. The van der Waals surface area contributed by atoms with E-state index >= 15 is 0 Å². The average Bonchev–Trinajstić information content (AvgIpc) is 2.93. The predicted molar refractivity (Wildman–Crippen MR) is 111 cm³/mol. The molecule has 0 unspecified atom stereocenters. The topological polar surface area (TPSA) is 69.6 Å². The van der Waals surface area contributed by atoms with Crippen LogP contribution in [0.2, 0.25) is 0 Å². The van der Waals surface area contributed by atoms with Gasteiger partial charge in [0.15, 0.2) is 0 Å². The highest BCUT2D eigenvalue weighted by molar-refractivity contribution is 8.26. The molecule has 8 heteroatoms. The molecule has 1 aliphatic rings. The van der Waals surface area contributed by atoms with Crippen LogP contribution < -0.4 is 5.32 Å². The number of phenols is 1. The molecule has 0 radical (unpaired) electrons. The van der Waals surface area contributed by atoms with Crippen LogP contribution in [-0.2, 0) is 16.0 Å². The fourth-order valence-electron chi connectivity index (χ4n) is 2.58. The third-order valence-corrected chi connectivity index (χ3v) is 5.42. The molecule has 1 saturated heterocycles. The number of nitrogens with one attached hydrogen (secondary N) is 1. The number of halogens is 1. The molecule has 1 aliphatic heterocycles. The van der Waals surface area contributed by atoms with Crippen molar-refractivity contribution in [2.45, 2.75) is 6.42 Å². The first-order valence-electron chi connectivity index (χ1n) is 8.48. The number of amides is 2. The fraction of sp³-hybridized carbons (Fsp3) is 0.150. The highest BCUT2D eigenvalue weighted by Crippen LogP contribution is 2.32.